The third-order valence-corrected chi connectivity index (χ3v) is 1.74. The normalized spacial score (nSPS) is 32.7. The Hall–Kier alpha value is -0.900. The van der Waals surface area contributed by atoms with Gasteiger partial charge in [-0.2, -0.15) is 0 Å². The predicted octanol–water partition coefficient (Wildman–Crippen LogP) is -0.623. The van der Waals surface area contributed by atoms with Crippen molar-refractivity contribution in [3.8, 4) is 0 Å². The topological polar surface area (TPSA) is 80.4 Å². The van der Waals surface area contributed by atoms with E-state index in [0.29, 0.717) is 0 Å². The molecule has 0 heterocycles. The molecule has 3 N–H and O–H groups in total. The van der Waals surface area contributed by atoms with Crippen molar-refractivity contribution >= 4 is 11.8 Å². The second-order valence-corrected chi connectivity index (χ2v) is 2.56. The van der Waals surface area contributed by atoms with Gasteiger partial charge >= 0.3 is 5.97 Å². The zero-order valence-corrected chi connectivity index (χ0v) is 5.41. The minimum atomic E-state index is -0.960. The molecule has 56 valence electrons. The quantitative estimate of drug-likeness (QED) is 0.512. The number of hydrogen-bond donors (Lipinski definition) is 2. The average Bonchev–Trinajstić information content (AvgIpc) is 2.10. The van der Waals surface area contributed by atoms with Gasteiger partial charge in [-0.25, -0.2) is 0 Å². The smallest absolute Gasteiger partial charge is 0.308 e. The number of carbonyl (C=O) groups excluding carboxylic acids is 1. The van der Waals surface area contributed by atoms with Crippen LogP contribution in [-0.4, -0.2) is 22.9 Å². The van der Waals surface area contributed by atoms with Crippen molar-refractivity contribution in [1.82, 2.24) is 0 Å². The van der Waals surface area contributed by atoms with Crippen molar-refractivity contribution in [1.29, 1.82) is 0 Å². The predicted molar refractivity (Wildman–Crippen MR) is 33.3 cm³/mol. The highest BCUT2D eigenvalue weighted by Gasteiger charge is 2.35. The number of rotatable bonds is 1. The zero-order valence-electron chi connectivity index (χ0n) is 5.41. The van der Waals surface area contributed by atoms with E-state index in [2.05, 4.69) is 0 Å². The molecule has 0 aromatic carbocycles. The monoisotopic (exact) mass is 143 g/mol. The molecule has 4 nitrogen and oxygen atoms in total. The van der Waals surface area contributed by atoms with Crippen LogP contribution in [0.4, 0.5) is 0 Å². The number of carboxylic acid groups (broad SMARTS) is 1. The van der Waals surface area contributed by atoms with Crippen molar-refractivity contribution in [3.63, 3.8) is 0 Å². The number of Topliss-reactive ketones (excluding diaryl/α,β-unsaturated/α-hetero) is 1. The van der Waals surface area contributed by atoms with Gasteiger partial charge in [0.15, 0.2) is 0 Å². The van der Waals surface area contributed by atoms with E-state index in [4.69, 9.17) is 10.8 Å². The highest BCUT2D eigenvalue weighted by molar-refractivity contribution is 5.88. The van der Waals surface area contributed by atoms with Gasteiger partial charge in [0.25, 0.3) is 0 Å². The Balaban J connectivity index is 2.63. The van der Waals surface area contributed by atoms with Gasteiger partial charge in [0, 0.05) is 18.9 Å². The van der Waals surface area contributed by atoms with Gasteiger partial charge in [-0.15, -0.1) is 0 Å². The largest absolute Gasteiger partial charge is 0.481 e. The number of hydrogen-bond acceptors (Lipinski definition) is 3. The number of nitrogens with two attached hydrogens (primary N) is 1. The van der Waals surface area contributed by atoms with Crippen LogP contribution in [0.1, 0.15) is 12.8 Å². The van der Waals surface area contributed by atoms with Gasteiger partial charge in [0.2, 0.25) is 0 Å². The molecule has 0 aromatic heterocycles. The summed E-state index contributed by atoms with van der Waals surface area (Å²) in [5, 5.41) is 8.47. The molecule has 1 aliphatic carbocycles. The molecule has 0 saturated heterocycles. The molecule has 1 saturated carbocycles. The van der Waals surface area contributed by atoms with Crippen molar-refractivity contribution < 1.29 is 14.7 Å². The van der Waals surface area contributed by atoms with Crippen LogP contribution in [0, 0.1) is 5.92 Å². The molecular formula is C6H9NO3. The second-order valence-electron chi connectivity index (χ2n) is 2.56. The van der Waals surface area contributed by atoms with E-state index < -0.39 is 17.9 Å². The van der Waals surface area contributed by atoms with Gasteiger partial charge in [-0.1, -0.05) is 0 Å². The van der Waals surface area contributed by atoms with Crippen LogP contribution in [0.3, 0.4) is 0 Å². The second kappa shape index (κ2) is 2.38. The fraction of sp³-hybridized carbons (Fsp3) is 0.667. The lowest BCUT2D eigenvalue weighted by Gasteiger charge is -2.06. The fourth-order valence-corrected chi connectivity index (χ4v) is 1.16. The number of carbonyl (C=O) groups is 2. The van der Waals surface area contributed by atoms with Crippen molar-refractivity contribution in [2.45, 2.75) is 18.9 Å². The molecule has 0 spiro atoms. The Morgan fingerprint density at radius 3 is 2.40 bits per heavy atom. The van der Waals surface area contributed by atoms with Gasteiger partial charge in [0.05, 0.1) is 5.92 Å². The molecule has 1 rings (SSSR count). The van der Waals surface area contributed by atoms with Crippen LogP contribution in [0.5, 0.6) is 0 Å². The van der Waals surface area contributed by atoms with Crippen LogP contribution >= 0.6 is 0 Å². The van der Waals surface area contributed by atoms with E-state index in [1.165, 1.54) is 0 Å². The number of carboxylic acids is 1. The van der Waals surface area contributed by atoms with E-state index >= 15 is 0 Å². The minimum Gasteiger partial charge on any atom is -0.481 e. The minimum absolute atomic E-state index is 0.0418. The first kappa shape index (κ1) is 7.21. The average molecular weight is 143 g/mol. The Labute approximate surface area is 58.0 Å². The maximum absolute atomic E-state index is 10.6. The summed E-state index contributed by atoms with van der Waals surface area (Å²) in [4.78, 5) is 21.0. The number of ketones is 1. The van der Waals surface area contributed by atoms with Gasteiger partial charge in [-0.05, 0) is 0 Å². The lowest BCUT2D eigenvalue weighted by Crippen LogP contribution is -2.30. The van der Waals surface area contributed by atoms with Crippen LogP contribution in [-0.2, 0) is 9.59 Å². The third-order valence-electron chi connectivity index (χ3n) is 1.74. The molecule has 1 fully saturated rings. The molecule has 0 radical (unpaired) electrons. The van der Waals surface area contributed by atoms with E-state index in [0.717, 1.165) is 0 Å². The summed E-state index contributed by atoms with van der Waals surface area (Å²) in [6.45, 7) is 0. The van der Waals surface area contributed by atoms with Gasteiger partial charge in [0.1, 0.15) is 5.78 Å². The maximum atomic E-state index is 10.6. The maximum Gasteiger partial charge on any atom is 0.308 e. The van der Waals surface area contributed by atoms with E-state index in [-0.39, 0.29) is 18.6 Å². The third kappa shape index (κ3) is 1.16. The summed E-state index contributed by atoms with van der Waals surface area (Å²) >= 11 is 0. The molecule has 2 atom stereocenters. The summed E-state index contributed by atoms with van der Waals surface area (Å²) in [7, 11) is 0. The highest BCUT2D eigenvalue weighted by atomic mass is 16.4. The lowest BCUT2D eigenvalue weighted by atomic mass is 10.1. The molecule has 0 aromatic rings. The number of aliphatic carboxylic acids is 1. The summed E-state index contributed by atoms with van der Waals surface area (Å²) in [6.07, 6.45) is 0.327. The first-order valence-electron chi connectivity index (χ1n) is 3.11. The summed E-state index contributed by atoms with van der Waals surface area (Å²) in [5.74, 6) is -1.65. The van der Waals surface area contributed by atoms with E-state index in [1.54, 1.807) is 0 Å². The van der Waals surface area contributed by atoms with Crippen LogP contribution in [0.15, 0.2) is 0 Å². The Bertz CT molecular complexity index is 178. The fourth-order valence-electron chi connectivity index (χ4n) is 1.16. The van der Waals surface area contributed by atoms with Gasteiger partial charge in [-0.3, -0.25) is 9.59 Å². The van der Waals surface area contributed by atoms with Crippen LogP contribution in [0.2, 0.25) is 0 Å². The SMILES string of the molecule is N[C@@H]1CC(=O)C[C@@H]1C(=O)O. The Morgan fingerprint density at radius 2 is 2.20 bits per heavy atom. The molecule has 0 bridgehead atoms. The van der Waals surface area contributed by atoms with Gasteiger partial charge < -0.3 is 10.8 Å². The van der Waals surface area contributed by atoms with Crippen molar-refractivity contribution in [2.75, 3.05) is 0 Å². The van der Waals surface area contributed by atoms with Crippen LogP contribution < -0.4 is 5.73 Å². The molecule has 0 unspecified atom stereocenters. The Kier molecular flexibility index (Phi) is 1.72. The molecule has 4 heteroatoms. The molecule has 1 aliphatic rings. The molecular weight excluding hydrogens is 134 g/mol. The Morgan fingerprint density at radius 1 is 1.60 bits per heavy atom. The molecule has 0 aliphatic heterocycles. The molecule has 10 heavy (non-hydrogen) atoms. The molecule has 0 amide bonds. The summed E-state index contributed by atoms with van der Waals surface area (Å²) in [6, 6.07) is -0.468. The first-order valence-corrected chi connectivity index (χ1v) is 3.11. The van der Waals surface area contributed by atoms with E-state index in [9.17, 15) is 9.59 Å². The van der Waals surface area contributed by atoms with Crippen molar-refractivity contribution in [3.05, 3.63) is 0 Å². The zero-order chi connectivity index (χ0) is 7.72. The highest BCUT2D eigenvalue weighted by Crippen LogP contribution is 2.20. The standard InChI is InChI=1S/C6H9NO3/c7-5-2-3(8)1-4(5)6(9)10/h4-5H,1-2,7H2,(H,9,10)/t4-,5+/m0/s1. The van der Waals surface area contributed by atoms with E-state index in [1.807, 2.05) is 0 Å². The van der Waals surface area contributed by atoms with Crippen molar-refractivity contribution in [2.24, 2.45) is 11.7 Å². The summed E-state index contributed by atoms with van der Waals surface area (Å²) < 4.78 is 0. The lowest BCUT2D eigenvalue weighted by molar-refractivity contribution is -0.142. The summed E-state index contributed by atoms with van der Waals surface area (Å²) in [5.41, 5.74) is 5.37. The van der Waals surface area contributed by atoms with Crippen LogP contribution in [0.25, 0.3) is 0 Å². The first-order chi connectivity index (χ1) is 4.61.